The third kappa shape index (κ3) is 13.0. The maximum absolute atomic E-state index is 3.77. The Bertz CT molecular complexity index is 179. The summed E-state index contributed by atoms with van der Waals surface area (Å²) in [6.07, 6.45) is 16.7. The number of hydrogen-bond acceptors (Lipinski definition) is 1. The van der Waals surface area contributed by atoms with Crippen LogP contribution in [0.1, 0.15) is 105 Å². The molecule has 1 N–H and O–H groups in total. The van der Waals surface area contributed by atoms with Crippen LogP contribution in [-0.4, -0.2) is 12.6 Å². The molecule has 0 aliphatic carbocycles. The first-order chi connectivity index (χ1) is 9.74. The van der Waals surface area contributed by atoms with Crippen LogP contribution in [0.15, 0.2) is 0 Å². The van der Waals surface area contributed by atoms with Gasteiger partial charge in [0, 0.05) is 6.04 Å². The lowest BCUT2D eigenvalue weighted by Gasteiger charge is -2.22. The summed E-state index contributed by atoms with van der Waals surface area (Å²) < 4.78 is 0. The Morgan fingerprint density at radius 1 is 0.700 bits per heavy atom. The van der Waals surface area contributed by atoms with Crippen LogP contribution in [0.25, 0.3) is 0 Å². The smallest absolute Gasteiger partial charge is 0.00695 e. The van der Waals surface area contributed by atoms with Gasteiger partial charge in [-0.3, -0.25) is 0 Å². The van der Waals surface area contributed by atoms with Crippen LogP contribution in [0.2, 0.25) is 0 Å². The van der Waals surface area contributed by atoms with E-state index in [1.807, 2.05) is 0 Å². The molecule has 0 aliphatic heterocycles. The van der Waals surface area contributed by atoms with E-state index in [0.717, 1.165) is 12.0 Å². The third-order valence-electron chi connectivity index (χ3n) is 4.31. The predicted molar refractivity (Wildman–Crippen MR) is 93.4 cm³/mol. The lowest BCUT2D eigenvalue weighted by molar-refractivity contribution is 0.358. The van der Waals surface area contributed by atoms with E-state index in [-0.39, 0.29) is 0 Å². The molecule has 0 radical (unpaired) electrons. The Hall–Kier alpha value is -0.0400. The van der Waals surface area contributed by atoms with Gasteiger partial charge in [0.05, 0.1) is 0 Å². The van der Waals surface area contributed by atoms with E-state index in [2.05, 4.69) is 33.0 Å². The first-order valence-corrected chi connectivity index (χ1v) is 9.47. The Labute approximate surface area is 129 Å². The van der Waals surface area contributed by atoms with E-state index in [9.17, 15) is 0 Å². The minimum atomic E-state index is 0.771. The topological polar surface area (TPSA) is 12.0 Å². The van der Waals surface area contributed by atoms with Crippen molar-refractivity contribution in [2.75, 3.05) is 6.54 Å². The molecule has 0 bridgehead atoms. The molecule has 122 valence electrons. The average Bonchev–Trinajstić information content (AvgIpc) is 2.43. The van der Waals surface area contributed by atoms with Crippen LogP contribution in [0.3, 0.4) is 0 Å². The first kappa shape index (κ1) is 20.0. The van der Waals surface area contributed by atoms with Gasteiger partial charge < -0.3 is 5.32 Å². The number of rotatable bonds is 15. The molecule has 1 nitrogen and oxygen atoms in total. The van der Waals surface area contributed by atoms with Crippen molar-refractivity contribution in [1.82, 2.24) is 5.32 Å². The van der Waals surface area contributed by atoms with Crippen LogP contribution < -0.4 is 5.32 Å². The molecule has 0 fully saturated rings. The standard InChI is InChI=1S/C19H41N/c1-5-8-9-10-11-12-13-15-19(20-16-7-3)17-18(4)14-6-2/h18-20H,5-17H2,1-4H3. The fourth-order valence-corrected chi connectivity index (χ4v) is 3.10. The summed E-state index contributed by atoms with van der Waals surface area (Å²) in [5, 5.41) is 3.77. The van der Waals surface area contributed by atoms with Crippen molar-refractivity contribution in [2.24, 2.45) is 5.92 Å². The average molecular weight is 284 g/mol. The summed E-state index contributed by atoms with van der Waals surface area (Å²) in [5.41, 5.74) is 0. The van der Waals surface area contributed by atoms with Gasteiger partial charge in [-0.1, -0.05) is 85.5 Å². The molecule has 0 aromatic carbocycles. The van der Waals surface area contributed by atoms with Crippen molar-refractivity contribution >= 4 is 0 Å². The molecule has 0 aromatic rings. The van der Waals surface area contributed by atoms with E-state index < -0.39 is 0 Å². The highest BCUT2D eigenvalue weighted by Crippen LogP contribution is 2.17. The summed E-state index contributed by atoms with van der Waals surface area (Å²) >= 11 is 0. The highest BCUT2D eigenvalue weighted by Gasteiger charge is 2.11. The second-order valence-corrected chi connectivity index (χ2v) is 6.69. The highest BCUT2D eigenvalue weighted by atomic mass is 14.9. The van der Waals surface area contributed by atoms with E-state index in [1.165, 1.54) is 83.6 Å². The minimum absolute atomic E-state index is 0.771. The number of hydrogen-bond donors (Lipinski definition) is 1. The van der Waals surface area contributed by atoms with Crippen LogP contribution in [-0.2, 0) is 0 Å². The van der Waals surface area contributed by atoms with Crippen molar-refractivity contribution < 1.29 is 0 Å². The fourth-order valence-electron chi connectivity index (χ4n) is 3.10. The van der Waals surface area contributed by atoms with Crippen LogP contribution >= 0.6 is 0 Å². The zero-order chi connectivity index (χ0) is 15.1. The molecular formula is C19H41N. The Kier molecular flexibility index (Phi) is 15.3. The number of unbranched alkanes of at least 4 members (excludes halogenated alkanes) is 6. The second-order valence-electron chi connectivity index (χ2n) is 6.69. The quantitative estimate of drug-likeness (QED) is 0.347. The molecule has 2 unspecified atom stereocenters. The highest BCUT2D eigenvalue weighted by molar-refractivity contribution is 4.70. The minimum Gasteiger partial charge on any atom is -0.314 e. The molecule has 0 heterocycles. The maximum Gasteiger partial charge on any atom is 0.00695 e. The van der Waals surface area contributed by atoms with Crippen molar-refractivity contribution in [2.45, 2.75) is 111 Å². The zero-order valence-electron chi connectivity index (χ0n) is 14.8. The van der Waals surface area contributed by atoms with Gasteiger partial charge >= 0.3 is 0 Å². The SMILES string of the molecule is CCCCCCCCCC(CC(C)CCC)NCCC. The summed E-state index contributed by atoms with van der Waals surface area (Å²) in [4.78, 5) is 0. The zero-order valence-corrected chi connectivity index (χ0v) is 14.8. The molecule has 0 rings (SSSR count). The van der Waals surface area contributed by atoms with Gasteiger partial charge in [0.25, 0.3) is 0 Å². The lowest BCUT2D eigenvalue weighted by atomic mass is 9.93. The normalized spacial score (nSPS) is 14.4. The van der Waals surface area contributed by atoms with Gasteiger partial charge in [0.1, 0.15) is 0 Å². The van der Waals surface area contributed by atoms with Crippen molar-refractivity contribution in [1.29, 1.82) is 0 Å². The van der Waals surface area contributed by atoms with Crippen LogP contribution in [0, 0.1) is 5.92 Å². The Balaban J connectivity index is 3.69. The Morgan fingerprint density at radius 2 is 1.35 bits per heavy atom. The molecule has 2 atom stereocenters. The molecule has 0 amide bonds. The molecule has 0 saturated heterocycles. The summed E-state index contributed by atoms with van der Waals surface area (Å²) in [6.45, 7) is 10.5. The first-order valence-electron chi connectivity index (χ1n) is 9.47. The second kappa shape index (κ2) is 15.4. The lowest BCUT2D eigenvalue weighted by Crippen LogP contribution is -2.31. The van der Waals surface area contributed by atoms with Gasteiger partial charge in [-0.2, -0.15) is 0 Å². The maximum atomic E-state index is 3.77. The summed E-state index contributed by atoms with van der Waals surface area (Å²) in [5.74, 6) is 0.888. The van der Waals surface area contributed by atoms with Crippen molar-refractivity contribution in [3.05, 3.63) is 0 Å². The Morgan fingerprint density at radius 3 is 1.95 bits per heavy atom. The van der Waals surface area contributed by atoms with Gasteiger partial charge in [-0.25, -0.2) is 0 Å². The van der Waals surface area contributed by atoms with Crippen molar-refractivity contribution in [3.63, 3.8) is 0 Å². The van der Waals surface area contributed by atoms with Gasteiger partial charge in [-0.05, 0) is 31.7 Å². The van der Waals surface area contributed by atoms with Gasteiger partial charge in [-0.15, -0.1) is 0 Å². The van der Waals surface area contributed by atoms with Crippen LogP contribution in [0.4, 0.5) is 0 Å². The predicted octanol–water partition coefficient (Wildman–Crippen LogP) is 6.32. The molecule has 0 spiro atoms. The van der Waals surface area contributed by atoms with Gasteiger partial charge in [0.15, 0.2) is 0 Å². The van der Waals surface area contributed by atoms with Crippen LogP contribution in [0.5, 0.6) is 0 Å². The van der Waals surface area contributed by atoms with E-state index in [4.69, 9.17) is 0 Å². The molecule has 1 heteroatoms. The van der Waals surface area contributed by atoms with Gasteiger partial charge in [0.2, 0.25) is 0 Å². The van der Waals surface area contributed by atoms with E-state index in [0.29, 0.717) is 0 Å². The molecule has 20 heavy (non-hydrogen) atoms. The van der Waals surface area contributed by atoms with E-state index >= 15 is 0 Å². The molecular weight excluding hydrogens is 242 g/mol. The number of nitrogens with one attached hydrogen (secondary N) is 1. The summed E-state index contributed by atoms with van der Waals surface area (Å²) in [6, 6.07) is 0.771. The molecule has 0 aromatic heterocycles. The molecule has 0 aliphatic rings. The monoisotopic (exact) mass is 283 g/mol. The fraction of sp³-hybridized carbons (Fsp3) is 1.00. The largest absolute Gasteiger partial charge is 0.314 e. The van der Waals surface area contributed by atoms with Crippen molar-refractivity contribution in [3.8, 4) is 0 Å². The molecule has 0 saturated carbocycles. The summed E-state index contributed by atoms with van der Waals surface area (Å²) in [7, 11) is 0. The third-order valence-corrected chi connectivity index (χ3v) is 4.31. The van der Waals surface area contributed by atoms with E-state index in [1.54, 1.807) is 0 Å².